The molecule has 20 heavy (non-hydrogen) atoms. The number of amides is 1. The minimum Gasteiger partial charge on any atom is -0.348 e. The highest BCUT2D eigenvalue weighted by Crippen LogP contribution is 2.15. The molecule has 2 aromatic rings. The molecule has 0 fully saturated rings. The van der Waals surface area contributed by atoms with Gasteiger partial charge in [-0.25, -0.2) is 0 Å². The first-order valence-corrected chi connectivity index (χ1v) is 7.64. The van der Waals surface area contributed by atoms with Gasteiger partial charge in [-0.2, -0.15) is 0 Å². The number of rotatable bonds is 5. The molecule has 0 saturated heterocycles. The third-order valence-electron chi connectivity index (χ3n) is 2.85. The Morgan fingerprint density at radius 1 is 1.10 bits per heavy atom. The van der Waals surface area contributed by atoms with Gasteiger partial charge in [0.05, 0.1) is 0 Å². The molecule has 0 saturated carbocycles. The fraction of sp³-hybridized carbons (Fsp3) is 0.118. The van der Waals surface area contributed by atoms with E-state index in [0.29, 0.717) is 6.54 Å². The summed E-state index contributed by atoms with van der Waals surface area (Å²) >= 11 is 1.70. The fourth-order valence-corrected chi connectivity index (χ4v) is 2.14. The van der Waals surface area contributed by atoms with Gasteiger partial charge < -0.3 is 5.32 Å². The number of hydrogen-bond donors (Lipinski definition) is 1. The Bertz CT molecular complexity index is 576. The zero-order valence-electron chi connectivity index (χ0n) is 11.4. The standard InChI is InChI=1S/C17H17NOS/c1-20-16-10-7-14(8-11-16)9-12-17(19)18-13-15-5-3-2-4-6-15/h2-12H,13H2,1H3,(H,18,19)/b12-9-. The zero-order valence-corrected chi connectivity index (χ0v) is 12.2. The van der Waals surface area contributed by atoms with E-state index in [-0.39, 0.29) is 5.91 Å². The number of nitrogens with one attached hydrogen (secondary N) is 1. The zero-order chi connectivity index (χ0) is 14.2. The van der Waals surface area contributed by atoms with Crippen LogP contribution in [-0.2, 0) is 11.3 Å². The number of benzene rings is 2. The molecular weight excluding hydrogens is 266 g/mol. The normalized spacial score (nSPS) is 10.7. The molecule has 0 bridgehead atoms. The highest BCUT2D eigenvalue weighted by molar-refractivity contribution is 7.98. The Morgan fingerprint density at radius 2 is 1.80 bits per heavy atom. The molecule has 0 spiro atoms. The van der Waals surface area contributed by atoms with Gasteiger partial charge in [0.2, 0.25) is 5.91 Å². The summed E-state index contributed by atoms with van der Waals surface area (Å²) in [5, 5.41) is 2.86. The van der Waals surface area contributed by atoms with Gasteiger partial charge in [-0.1, -0.05) is 42.5 Å². The van der Waals surface area contributed by atoms with Gasteiger partial charge in [-0.3, -0.25) is 4.79 Å². The number of hydrogen-bond acceptors (Lipinski definition) is 2. The third-order valence-corrected chi connectivity index (χ3v) is 3.60. The lowest BCUT2D eigenvalue weighted by Gasteiger charge is -2.02. The van der Waals surface area contributed by atoms with Gasteiger partial charge in [0.25, 0.3) is 0 Å². The van der Waals surface area contributed by atoms with E-state index in [1.165, 1.54) is 4.90 Å². The lowest BCUT2D eigenvalue weighted by molar-refractivity contribution is -0.116. The van der Waals surface area contributed by atoms with Crippen molar-refractivity contribution in [2.45, 2.75) is 11.4 Å². The summed E-state index contributed by atoms with van der Waals surface area (Å²) in [6.07, 6.45) is 5.43. The Balaban J connectivity index is 1.85. The molecule has 2 aromatic carbocycles. The highest BCUT2D eigenvalue weighted by Gasteiger charge is 1.96. The van der Waals surface area contributed by atoms with E-state index in [2.05, 4.69) is 5.32 Å². The average molecular weight is 283 g/mol. The van der Waals surface area contributed by atoms with Gasteiger partial charge in [-0.05, 0) is 35.6 Å². The van der Waals surface area contributed by atoms with Crippen molar-refractivity contribution < 1.29 is 4.79 Å². The third kappa shape index (κ3) is 4.59. The van der Waals surface area contributed by atoms with Gasteiger partial charge >= 0.3 is 0 Å². The van der Waals surface area contributed by atoms with Crippen LogP contribution in [0.1, 0.15) is 11.1 Å². The Hall–Kier alpha value is -2.00. The molecule has 0 aliphatic heterocycles. The molecule has 0 radical (unpaired) electrons. The van der Waals surface area contributed by atoms with Gasteiger partial charge in [-0.15, -0.1) is 11.8 Å². The fourth-order valence-electron chi connectivity index (χ4n) is 1.73. The van der Waals surface area contributed by atoms with Crippen LogP contribution in [0.3, 0.4) is 0 Å². The second-order valence-electron chi connectivity index (χ2n) is 4.31. The van der Waals surface area contributed by atoms with Gasteiger partial charge in [0.1, 0.15) is 0 Å². The van der Waals surface area contributed by atoms with E-state index < -0.39 is 0 Å². The van der Waals surface area contributed by atoms with Crippen LogP contribution < -0.4 is 5.32 Å². The summed E-state index contributed by atoms with van der Waals surface area (Å²) in [6, 6.07) is 18.0. The van der Waals surface area contributed by atoms with Crippen LogP contribution in [0.15, 0.2) is 65.6 Å². The van der Waals surface area contributed by atoms with E-state index in [4.69, 9.17) is 0 Å². The topological polar surface area (TPSA) is 29.1 Å². The molecule has 2 nitrogen and oxygen atoms in total. The number of carbonyl (C=O) groups excluding carboxylic acids is 1. The summed E-state index contributed by atoms with van der Waals surface area (Å²) in [5.41, 5.74) is 2.12. The minimum absolute atomic E-state index is 0.0807. The largest absolute Gasteiger partial charge is 0.348 e. The predicted octanol–water partition coefficient (Wildman–Crippen LogP) is 3.74. The monoisotopic (exact) mass is 283 g/mol. The van der Waals surface area contributed by atoms with Crippen molar-refractivity contribution in [1.29, 1.82) is 0 Å². The van der Waals surface area contributed by atoms with Crippen molar-refractivity contribution in [3.8, 4) is 0 Å². The number of thioether (sulfide) groups is 1. The molecule has 102 valence electrons. The molecule has 0 heterocycles. The van der Waals surface area contributed by atoms with Crippen LogP contribution in [0.25, 0.3) is 6.08 Å². The summed E-state index contributed by atoms with van der Waals surface area (Å²) in [5.74, 6) is -0.0807. The van der Waals surface area contributed by atoms with Crippen LogP contribution in [-0.4, -0.2) is 12.2 Å². The van der Waals surface area contributed by atoms with Crippen molar-refractivity contribution in [3.63, 3.8) is 0 Å². The van der Waals surface area contributed by atoms with E-state index in [1.807, 2.05) is 66.9 Å². The Kier molecular flexibility index (Phi) is 5.44. The van der Waals surface area contributed by atoms with Crippen molar-refractivity contribution in [2.24, 2.45) is 0 Å². The summed E-state index contributed by atoms with van der Waals surface area (Å²) in [6.45, 7) is 0.551. The van der Waals surface area contributed by atoms with Crippen molar-refractivity contribution >= 4 is 23.7 Å². The summed E-state index contributed by atoms with van der Waals surface area (Å²) in [4.78, 5) is 12.9. The Morgan fingerprint density at radius 3 is 2.45 bits per heavy atom. The lowest BCUT2D eigenvalue weighted by Crippen LogP contribution is -2.20. The molecule has 0 unspecified atom stereocenters. The predicted molar refractivity (Wildman–Crippen MR) is 85.5 cm³/mol. The second-order valence-corrected chi connectivity index (χ2v) is 5.19. The van der Waals surface area contributed by atoms with Crippen LogP contribution >= 0.6 is 11.8 Å². The first-order chi connectivity index (χ1) is 9.78. The van der Waals surface area contributed by atoms with E-state index >= 15 is 0 Å². The smallest absolute Gasteiger partial charge is 0.244 e. The molecule has 0 aliphatic carbocycles. The minimum atomic E-state index is -0.0807. The van der Waals surface area contributed by atoms with Crippen LogP contribution in [0.2, 0.25) is 0 Å². The molecule has 0 aliphatic rings. The molecular formula is C17H17NOS. The molecule has 1 N–H and O–H groups in total. The molecule has 3 heteroatoms. The molecule has 0 aromatic heterocycles. The summed E-state index contributed by atoms with van der Waals surface area (Å²) in [7, 11) is 0. The van der Waals surface area contributed by atoms with Gasteiger partial charge in [0.15, 0.2) is 0 Å². The maximum absolute atomic E-state index is 11.7. The van der Waals surface area contributed by atoms with Crippen molar-refractivity contribution in [3.05, 3.63) is 71.8 Å². The second kappa shape index (κ2) is 7.56. The molecule has 2 rings (SSSR count). The maximum atomic E-state index is 11.7. The first-order valence-electron chi connectivity index (χ1n) is 6.42. The summed E-state index contributed by atoms with van der Waals surface area (Å²) < 4.78 is 0. The molecule has 1 amide bonds. The van der Waals surface area contributed by atoms with Gasteiger partial charge in [0, 0.05) is 17.5 Å². The quantitative estimate of drug-likeness (QED) is 0.669. The Labute approximate surface area is 123 Å². The maximum Gasteiger partial charge on any atom is 0.244 e. The first kappa shape index (κ1) is 14.4. The van der Waals surface area contributed by atoms with E-state index in [0.717, 1.165) is 11.1 Å². The van der Waals surface area contributed by atoms with Crippen LogP contribution in [0, 0.1) is 0 Å². The van der Waals surface area contributed by atoms with E-state index in [9.17, 15) is 4.79 Å². The lowest BCUT2D eigenvalue weighted by atomic mass is 10.2. The van der Waals surface area contributed by atoms with E-state index in [1.54, 1.807) is 17.8 Å². The van der Waals surface area contributed by atoms with Crippen molar-refractivity contribution in [1.82, 2.24) is 5.32 Å². The van der Waals surface area contributed by atoms with Crippen molar-refractivity contribution in [2.75, 3.05) is 6.26 Å². The van der Waals surface area contributed by atoms with Crippen LogP contribution in [0.4, 0.5) is 0 Å². The molecule has 0 atom stereocenters. The highest BCUT2D eigenvalue weighted by atomic mass is 32.2. The average Bonchev–Trinajstić information content (AvgIpc) is 2.52. The van der Waals surface area contributed by atoms with Crippen LogP contribution in [0.5, 0.6) is 0 Å². The SMILES string of the molecule is CSc1ccc(/C=C\C(=O)NCc2ccccc2)cc1. The number of carbonyl (C=O) groups is 1.